The van der Waals surface area contributed by atoms with Crippen molar-refractivity contribution in [1.82, 2.24) is 19.8 Å². The summed E-state index contributed by atoms with van der Waals surface area (Å²) >= 11 is 0. The number of nitrogens with zero attached hydrogens (tertiary/aromatic N) is 5. The van der Waals surface area contributed by atoms with Crippen LogP contribution < -0.4 is 4.90 Å². The first-order valence-corrected chi connectivity index (χ1v) is 7.29. The van der Waals surface area contributed by atoms with Gasteiger partial charge < -0.3 is 14.4 Å². The molecular formula is C13H14F3N5O2. The number of anilines is 1. The highest BCUT2D eigenvalue weighted by molar-refractivity contribution is 5.46. The average Bonchev–Trinajstić information content (AvgIpc) is 3.14. The zero-order valence-electron chi connectivity index (χ0n) is 12.1. The number of piperidine rings is 1. The number of hydrogen-bond donors (Lipinski definition) is 0. The number of fused-ring (bicyclic) bond motifs is 1. The maximum Gasteiger partial charge on any atom is 0.453 e. The highest BCUT2D eigenvalue weighted by Crippen LogP contribution is 2.33. The molecule has 0 radical (unpaired) electrons. The van der Waals surface area contributed by atoms with Crippen LogP contribution in [0.25, 0.3) is 5.65 Å². The van der Waals surface area contributed by atoms with Gasteiger partial charge >= 0.3 is 6.18 Å². The highest BCUT2D eigenvalue weighted by atomic mass is 19.4. The molecule has 0 bridgehead atoms. The lowest BCUT2D eigenvalue weighted by Crippen LogP contribution is -2.45. The zero-order chi connectivity index (χ0) is 16.1. The topological polar surface area (TPSA) is 64.8 Å². The van der Waals surface area contributed by atoms with Gasteiger partial charge in [-0.15, -0.1) is 15.3 Å². The van der Waals surface area contributed by atoms with Gasteiger partial charge in [-0.2, -0.15) is 17.7 Å². The van der Waals surface area contributed by atoms with E-state index in [0.29, 0.717) is 45.0 Å². The molecule has 2 aromatic rings. The summed E-state index contributed by atoms with van der Waals surface area (Å²) in [6, 6.07) is 3.13. The molecule has 4 rings (SSSR count). The summed E-state index contributed by atoms with van der Waals surface area (Å²) in [5, 5.41) is 10.7. The Balaban J connectivity index is 1.60. The lowest BCUT2D eigenvalue weighted by Gasteiger charge is -2.38. The number of hydrogen-bond acceptors (Lipinski definition) is 6. The minimum atomic E-state index is -4.59. The molecule has 0 saturated carbocycles. The quantitative estimate of drug-likeness (QED) is 0.790. The summed E-state index contributed by atoms with van der Waals surface area (Å²) < 4.78 is 50.8. The van der Waals surface area contributed by atoms with Crippen LogP contribution in [0.3, 0.4) is 0 Å². The van der Waals surface area contributed by atoms with E-state index in [2.05, 4.69) is 15.3 Å². The molecule has 1 spiro atoms. The van der Waals surface area contributed by atoms with Crippen LogP contribution in [0.2, 0.25) is 0 Å². The first-order valence-electron chi connectivity index (χ1n) is 7.29. The summed E-state index contributed by atoms with van der Waals surface area (Å²) in [4.78, 5) is 1.91. The van der Waals surface area contributed by atoms with Crippen LogP contribution in [-0.2, 0) is 15.7 Å². The SMILES string of the molecule is FC(F)(F)c1nnc2ccc(N3CCC4(CC3)OCCO4)nn12. The van der Waals surface area contributed by atoms with E-state index in [0.717, 1.165) is 4.52 Å². The van der Waals surface area contributed by atoms with E-state index in [-0.39, 0.29) is 5.65 Å². The fourth-order valence-electron chi connectivity index (χ4n) is 2.99. The monoisotopic (exact) mass is 329 g/mol. The Morgan fingerprint density at radius 2 is 1.74 bits per heavy atom. The predicted molar refractivity (Wildman–Crippen MR) is 71.9 cm³/mol. The second kappa shape index (κ2) is 5.03. The Labute approximate surface area is 129 Å². The zero-order valence-corrected chi connectivity index (χ0v) is 12.1. The van der Waals surface area contributed by atoms with Crippen molar-refractivity contribution >= 4 is 11.5 Å². The van der Waals surface area contributed by atoms with Crippen LogP contribution in [0.15, 0.2) is 12.1 Å². The van der Waals surface area contributed by atoms with Gasteiger partial charge in [0.25, 0.3) is 5.82 Å². The number of aromatic nitrogens is 4. The number of halogens is 3. The summed E-state index contributed by atoms with van der Waals surface area (Å²) in [6.07, 6.45) is -3.29. The Kier molecular flexibility index (Phi) is 3.20. The Bertz CT molecular complexity index is 716. The molecule has 0 atom stereocenters. The largest absolute Gasteiger partial charge is 0.453 e. The summed E-state index contributed by atoms with van der Waals surface area (Å²) in [7, 11) is 0. The van der Waals surface area contributed by atoms with Crippen LogP contribution in [0.4, 0.5) is 19.0 Å². The van der Waals surface area contributed by atoms with Gasteiger partial charge in [-0.3, -0.25) is 0 Å². The molecule has 0 aliphatic carbocycles. The van der Waals surface area contributed by atoms with E-state index in [9.17, 15) is 13.2 Å². The van der Waals surface area contributed by atoms with Gasteiger partial charge in [0.1, 0.15) is 5.82 Å². The average molecular weight is 329 g/mol. The second-order valence-corrected chi connectivity index (χ2v) is 5.58. The molecule has 23 heavy (non-hydrogen) atoms. The molecule has 0 N–H and O–H groups in total. The Morgan fingerprint density at radius 1 is 1.04 bits per heavy atom. The van der Waals surface area contributed by atoms with Gasteiger partial charge in [0.15, 0.2) is 11.4 Å². The fraction of sp³-hybridized carbons (Fsp3) is 0.615. The van der Waals surface area contributed by atoms with E-state index in [1.54, 1.807) is 6.07 Å². The van der Waals surface area contributed by atoms with Crippen molar-refractivity contribution in [1.29, 1.82) is 0 Å². The van der Waals surface area contributed by atoms with Crippen molar-refractivity contribution in [3.8, 4) is 0 Å². The van der Waals surface area contributed by atoms with Gasteiger partial charge in [-0.05, 0) is 12.1 Å². The van der Waals surface area contributed by atoms with Crippen molar-refractivity contribution < 1.29 is 22.6 Å². The molecule has 0 unspecified atom stereocenters. The smallest absolute Gasteiger partial charge is 0.355 e. The molecule has 2 fully saturated rings. The van der Waals surface area contributed by atoms with Crippen molar-refractivity contribution in [2.75, 3.05) is 31.2 Å². The van der Waals surface area contributed by atoms with Gasteiger partial charge in [0, 0.05) is 25.9 Å². The molecule has 2 aromatic heterocycles. The first-order chi connectivity index (χ1) is 11.0. The summed E-state index contributed by atoms with van der Waals surface area (Å²) in [6.45, 7) is 2.36. The van der Waals surface area contributed by atoms with Crippen molar-refractivity contribution in [2.45, 2.75) is 24.8 Å². The molecule has 2 aliphatic heterocycles. The molecule has 2 aliphatic rings. The van der Waals surface area contributed by atoms with E-state index in [1.165, 1.54) is 6.07 Å². The minimum absolute atomic E-state index is 0.0667. The lowest BCUT2D eigenvalue weighted by atomic mass is 10.0. The van der Waals surface area contributed by atoms with E-state index in [1.807, 2.05) is 4.90 Å². The van der Waals surface area contributed by atoms with E-state index >= 15 is 0 Å². The summed E-state index contributed by atoms with van der Waals surface area (Å²) in [5.41, 5.74) is 0.0667. The van der Waals surface area contributed by atoms with Crippen LogP contribution >= 0.6 is 0 Å². The first kappa shape index (κ1) is 14.6. The molecule has 2 saturated heterocycles. The third-order valence-corrected chi connectivity index (χ3v) is 4.17. The molecule has 124 valence electrons. The van der Waals surface area contributed by atoms with Crippen molar-refractivity contribution in [3.63, 3.8) is 0 Å². The van der Waals surface area contributed by atoms with Crippen LogP contribution in [-0.4, -0.2) is 51.9 Å². The number of ether oxygens (including phenoxy) is 2. The van der Waals surface area contributed by atoms with Crippen LogP contribution in [0.5, 0.6) is 0 Å². The number of alkyl halides is 3. The van der Waals surface area contributed by atoms with E-state index < -0.39 is 17.8 Å². The van der Waals surface area contributed by atoms with Crippen molar-refractivity contribution in [3.05, 3.63) is 18.0 Å². The maximum absolute atomic E-state index is 12.9. The molecular weight excluding hydrogens is 315 g/mol. The maximum atomic E-state index is 12.9. The lowest BCUT2D eigenvalue weighted by molar-refractivity contribution is -0.169. The second-order valence-electron chi connectivity index (χ2n) is 5.58. The van der Waals surface area contributed by atoms with Gasteiger partial charge in [-0.1, -0.05) is 0 Å². The summed E-state index contributed by atoms with van der Waals surface area (Å²) in [5.74, 6) is -1.20. The third-order valence-electron chi connectivity index (χ3n) is 4.17. The van der Waals surface area contributed by atoms with Crippen molar-refractivity contribution in [2.24, 2.45) is 0 Å². The third kappa shape index (κ3) is 2.51. The van der Waals surface area contributed by atoms with Gasteiger partial charge in [0.2, 0.25) is 0 Å². The van der Waals surface area contributed by atoms with Crippen LogP contribution in [0, 0.1) is 0 Å². The molecule has 0 amide bonds. The molecule has 10 heteroatoms. The predicted octanol–water partition coefficient (Wildman–Crippen LogP) is 1.49. The fourth-order valence-corrected chi connectivity index (χ4v) is 2.99. The van der Waals surface area contributed by atoms with Gasteiger partial charge in [0.05, 0.1) is 13.2 Å². The highest BCUT2D eigenvalue weighted by Gasteiger charge is 2.41. The molecule has 4 heterocycles. The Morgan fingerprint density at radius 3 is 2.39 bits per heavy atom. The van der Waals surface area contributed by atoms with Gasteiger partial charge in [-0.25, -0.2) is 0 Å². The minimum Gasteiger partial charge on any atom is -0.355 e. The number of rotatable bonds is 1. The normalized spacial score (nSPS) is 21.4. The van der Waals surface area contributed by atoms with E-state index in [4.69, 9.17) is 9.47 Å². The Hall–Kier alpha value is -1.94. The standard InChI is InChI=1S/C13H14F3N5O2/c14-13(15,16)11-18-17-9-1-2-10(19-21(9)11)20-5-3-12(4-6-20)22-7-8-23-12/h1-2H,3-8H2. The van der Waals surface area contributed by atoms with Crippen LogP contribution in [0.1, 0.15) is 18.7 Å². The molecule has 0 aromatic carbocycles. The molecule has 7 nitrogen and oxygen atoms in total.